The number of rotatable bonds is 5. The third kappa shape index (κ3) is 4.87. The molecule has 0 spiro atoms. The van der Waals surface area contributed by atoms with E-state index in [0.717, 1.165) is 55.3 Å². The van der Waals surface area contributed by atoms with Crippen molar-refractivity contribution in [3.05, 3.63) is 164 Å². The highest BCUT2D eigenvalue weighted by atomic mass is 32.1. The number of hydrogen-bond acceptors (Lipinski definition) is 5. The molecule has 0 radical (unpaired) electrons. The molecule has 0 aliphatic carbocycles. The van der Waals surface area contributed by atoms with Gasteiger partial charge >= 0.3 is 0 Å². The third-order valence-electron chi connectivity index (χ3n) is 9.36. The average Bonchev–Trinajstić information content (AvgIpc) is 3.76. The minimum absolute atomic E-state index is 0.648. The molecule has 0 aliphatic heterocycles. The number of furan rings is 1. The van der Waals surface area contributed by atoms with Gasteiger partial charge < -0.3 is 4.42 Å². The van der Waals surface area contributed by atoms with E-state index in [1.165, 1.54) is 25.7 Å². The van der Waals surface area contributed by atoms with Crippen molar-refractivity contribution in [2.45, 2.75) is 0 Å². The van der Waals surface area contributed by atoms with Crippen molar-refractivity contribution in [2.75, 3.05) is 0 Å². The Balaban J connectivity index is 1.07. The summed E-state index contributed by atoms with van der Waals surface area (Å²) in [4.78, 5) is 15.0. The molecule has 0 atom stereocenters. The van der Waals surface area contributed by atoms with E-state index in [4.69, 9.17) is 19.4 Å². The predicted octanol–water partition coefficient (Wildman–Crippen LogP) is 12.5. The van der Waals surface area contributed by atoms with E-state index in [9.17, 15) is 0 Å². The first kappa shape index (κ1) is 28.6. The van der Waals surface area contributed by atoms with Crippen molar-refractivity contribution < 1.29 is 4.42 Å². The van der Waals surface area contributed by atoms with Crippen LogP contribution in [0, 0.1) is 0 Å². The minimum atomic E-state index is 0.648. The lowest BCUT2D eigenvalue weighted by atomic mass is 10.00. The highest BCUT2D eigenvalue weighted by Gasteiger charge is 2.16. The van der Waals surface area contributed by atoms with E-state index in [1.807, 2.05) is 48.5 Å². The highest BCUT2D eigenvalue weighted by molar-refractivity contribution is 7.25. The van der Waals surface area contributed by atoms with Gasteiger partial charge in [0.15, 0.2) is 17.5 Å². The fourth-order valence-electron chi connectivity index (χ4n) is 6.85. The summed E-state index contributed by atoms with van der Waals surface area (Å²) >= 11 is 1.79. The van der Waals surface area contributed by atoms with Gasteiger partial charge in [-0.25, -0.2) is 15.0 Å². The minimum Gasteiger partial charge on any atom is -0.455 e. The molecule has 0 amide bonds. The summed E-state index contributed by atoms with van der Waals surface area (Å²) in [6.07, 6.45) is 0. The van der Waals surface area contributed by atoms with Crippen molar-refractivity contribution in [3.8, 4) is 56.4 Å². The van der Waals surface area contributed by atoms with Crippen molar-refractivity contribution in [1.82, 2.24) is 15.0 Å². The lowest BCUT2D eigenvalue weighted by molar-refractivity contribution is 0.670. The third-order valence-corrected chi connectivity index (χ3v) is 10.5. The summed E-state index contributed by atoms with van der Waals surface area (Å²) in [5.74, 6) is 1.95. The molecule has 4 nitrogen and oxygen atoms in total. The van der Waals surface area contributed by atoms with Gasteiger partial charge in [-0.05, 0) is 41.0 Å². The Bertz CT molecular complexity index is 2860. The highest BCUT2D eigenvalue weighted by Crippen LogP contribution is 2.41. The molecule has 0 saturated carbocycles. The summed E-state index contributed by atoms with van der Waals surface area (Å²) in [7, 11) is 0. The van der Waals surface area contributed by atoms with E-state index in [1.54, 1.807) is 11.3 Å². The van der Waals surface area contributed by atoms with E-state index in [-0.39, 0.29) is 0 Å². The maximum absolute atomic E-state index is 6.38. The lowest BCUT2D eigenvalue weighted by Crippen LogP contribution is -2.00. The van der Waals surface area contributed by atoms with Crippen LogP contribution in [0.4, 0.5) is 0 Å². The second kappa shape index (κ2) is 11.6. The van der Waals surface area contributed by atoms with Gasteiger partial charge in [-0.15, -0.1) is 11.3 Å². The van der Waals surface area contributed by atoms with Crippen molar-refractivity contribution in [2.24, 2.45) is 0 Å². The van der Waals surface area contributed by atoms with Gasteiger partial charge in [-0.2, -0.15) is 0 Å². The predicted molar refractivity (Wildman–Crippen MR) is 207 cm³/mol. The first-order valence-electron chi connectivity index (χ1n) is 16.6. The molecule has 0 saturated heterocycles. The van der Waals surface area contributed by atoms with E-state index in [0.29, 0.717) is 17.5 Å². The molecular weight excluding hydrogens is 631 g/mol. The molecular formula is C45H27N3OS. The number of hydrogen-bond donors (Lipinski definition) is 0. The number of thiophene rings is 1. The second-order valence-electron chi connectivity index (χ2n) is 12.4. The molecule has 0 fully saturated rings. The van der Waals surface area contributed by atoms with Crippen LogP contribution >= 0.6 is 11.3 Å². The van der Waals surface area contributed by atoms with Gasteiger partial charge in [-0.1, -0.05) is 140 Å². The maximum Gasteiger partial charge on any atom is 0.164 e. The number of aromatic nitrogens is 3. The number of fused-ring (bicyclic) bond motifs is 6. The second-order valence-corrected chi connectivity index (χ2v) is 13.5. The lowest BCUT2D eigenvalue weighted by Gasteiger charge is -2.09. The Labute approximate surface area is 292 Å². The zero-order valence-electron chi connectivity index (χ0n) is 26.7. The molecule has 0 aliphatic rings. The van der Waals surface area contributed by atoms with Gasteiger partial charge in [0.05, 0.1) is 0 Å². The molecule has 50 heavy (non-hydrogen) atoms. The Kier molecular flexibility index (Phi) is 6.64. The Hall–Kier alpha value is -6.43. The number of nitrogens with zero attached hydrogens (tertiary/aromatic N) is 3. The summed E-state index contributed by atoms with van der Waals surface area (Å²) in [6, 6.07) is 56.9. The van der Waals surface area contributed by atoms with Crippen LogP contribution in [0.1, 0.15) is 0 Å². The molecule has 0 N–H and O–H groups in total. The smallest absolute Gasteiger partial charge is 0.164 e. The van der Waals surface area contributed by atoms with Crippen LogP contribution in [0.5, 0.6) is 0 Å². The zero-order valence-corrected chi connectivity index (χ0v) is 27.6. The van der Waals surface area contributed by atoms with Crippen LogP contribution in [0.2, 0.25) is 0 Å². The first-order chi connectivity index (χ1) is 24.7. The molecule has 7 aromatic carbocycles. The van der Waals surface area contributed by atoms with Crippen LogP contribution in [0.3, 0.4) is 0 Å². The van der Waals surface area contributed by atoms with Gasteiger partial charge in [0.25, 0.3) is 0 Å². The summed E-state index contributed by atoms with van der Waals surface area (Å²) in [5.41, 5.74) is 9.25. The zero-order chi connectivity index (χ0) is 33.0. The average molecular weight is 658 g/mol. The normalized spacial score (nSPS) is 11.6. The number of benzene rings is 7. The van der Waals surface area contributed by atoms with Crippen molar-refractivity contribution in [1.29, 1.82) is 0 Å². The van der Waals surface area contributed by atoms with Gasteiger partial charge in [-0.3, -0.25) is 0 Å². The molecule has 5 heteroatoms. The fraction of sp³-hybridized carbons (Fsp3) is 0. The van der Waals surface area contributed by atoms with Crippen LogP contribution in [0.25, 0.3) is 98.5 Å². The first-order valence-corrected chi connectivity index (χ1v) is 17.4. The van der Waals surface area contributed by atoms with E-state index >= 15 is 0 Å². The Morgan fingerprint density at radius 1 is 0.360 bits per heavy atom. The quantitative estimate of drug-likeness (QED) is 0.185. The van der Waals surface area contributed by atoms with Gasteiger partial charge in [0, 0.05) is 53.2 Å². The topological polar surface area (TPSA) is 51.8 Å². The standard InChI is InChI=1S/C45H27N3OS/c1-3-10-28(11-4-1)29-18-20-31(21-19-29)44-46-43(30-12-5-2-6-13-30)47-45(48-44)33-22-24-36-38-26-32(23-25-40(38)50-41(36)27-33)34-15-9-16-37-35-14-7-8-17-39(35)49-42(34)37/h1-27H. The van der Waals surface area contributed by atoms with Gasteiger partial charge in [0.1, 0.15) is 11.2 Å². The Morgan fingerprint density at radius 2 is 0.940 bits per heavy atom. The summed E-state index contributed by atoms with van der Waals surface area (Å²) in [6.45, 7) is 0. The van der Waals surface area contributed by atoms with Crippen LogP contribution in [-0.2, 0) is 0 Å². The van der Waals surface area contributed by atoms with Crippen LogP contribution in [-0.4, -0.2) is 15.0 Å². The molecule has 10 aromatic rings. The Morgan fingerprint density at radius 3 is 1.72 bits per heavy atom. The van der Waals surface area contributed by atoms with E-state index < -0.39 is 0 Å². The number of para-hydroxylation sites is 2. The largest absolute Gasteiger partial charge is 0.455 e. The SMILES string of the molecule is c1ccc(-c2ccc(-c3nc(-c4ccccc4)nc(-c4ccc5c(c4)sc4ccc(-c6cccc7c6oc6ccccc67)cc45)n3)cc2)cc1. The molecule has 3 heterocycles. The monoisotopic (exact) mass is 657 g/mol. The summed E-state index contributed by atoms with van der Waals surface area (Å²) < 4.78 is 8.80. The molecule has 10 rings (SSSR count). The molecule has 3 aromatic heterocycles. The molecule has 0 unspecified atom stereocenters. The molecule has 234 valence electrons. The van der Waals surface area contributed by atoms with Crippen molar-refractivity contribution in [3.63, 3.8) is 0 Å². The van der Waals surface area contributed by atoms with Crippen LogP contribution < -0.4 is 0 Å². The van der Waals surface area contributed by atoms with Crippen molar-refractivity contribution >= 4 is 53.4 Å². The molecule has 0 bridgehead atoms. The van der Waals surface area contributed by atoms with Gasteiger partial charge in [0.2, 0.25) is 0 Å². The van der Waals surface area contributed by atoms with Crippen LogP contribution in [0.15, 0.2) is 168 Å². The maximum atomic E-state index is 6.38. The summed E-state index contributed by atoms with van der Waals surface area (Å²) in [5, 5.41) is 4.71. The van der Waals surface area contributed by atoms with E-state index in [2.05, 4.69) is 115 Å². The fourth-order valence-corrected chi connectivity index (χ4v) is 7.98.